The summed E-state index contributed by atoms with van der Waals surface area (Å²) >= 11 is 0. The van der Waals surface area contributed by atoms with E-state index in [0.717, 1.165) is 22.9 Å². The SMILES string of the molecule is Cc1ccc(CN(c2ccc(C(=O)N/N=C\c3ccc(OCC#N)cc3)cc2)S(C)(=O)=O)cc1. The molecule has 0 saturated heterocycles. The highest BCUT2D eigenvalue weighted by Gasteiger charge is 2.18. The van der Waals surface area contributed by atoms with Crippen LogP contribution in [0.15, 0.2) is 77.9 Å². The number of benzene rings is 3. The number of carbonyl (C=O) groups is 1. The van der Waals surface area contributed by atoms with Crippen LogP contribution in [-0.2, 0) is 16.6 Å². The molecule has 0 atom stereocenters. The summed E-state index contributed by atoms with van der Waals surface area (Å²) in [6.45, 7) is 2.13. The van der Waals surface area contributed by atoms with Gasteiger partial charge in [0.15, 0.2) is 6.61 Å². The first-order valence-corrected chi connectivity index (χ1v) is 12.2. The Bertz CT molecular complexity index is 1300. The number of rotatable bonds is 9. The van der Waals surface area contributed by atoms with Gasteiger partial charge in [-0.05, 0) is 66.6 Å². The zero-order valence-corrected chi connectivity index (χ0v) is 19.6. The van der Waals surface area contributed by atoms with Crippen molar-refractivity contribution < 1.29 is 17.9 Å². The number of sulfonamides is 1. The number of amides is 1. The zero-order valence-electron chi connectivity index (χ0n) is 18.8. The Labute approximate surface area is 199 Å². The first kappa shape index (κ1) is 24.5. The molecule has 3 aromatic rings. The number of hydrogen-bond acceptors (Lipinski definition) is 6. The van der Waals surface area contributed by atoms with E-state index >= 15 is 0 Å². The van der Waals surface area contributed by atoms with Gasteiger partial charge in [0.1, 0.15) is 11.8 Å². The lowest BCUT2D eigenvalue weighted by atomic mass is 10.1. The van der Waals surface area contributed by atoms with Gasteiger partial charge in [-0.3, -0.25) is 9.10 Å². The fourth-order valence-electron chi connectivity index (χ4n) is 3.03. The van der Waals surface area contributed by atoms with Crippen molar-refractivity contribution in [1.29, 1.82) is 5.26 Å². The minimum Gasteiger partial charge on any atom is -0.479 e. The van der Waals surface area contributed by atoms with Gasteiger partial charge < -0.3 is 4.74 Å². The smallest absolute Gasteiger partial charge is 0.271 e. The third-order valence-corrected chi connectivity index (χ3v) is 5.97. The Balaban J connectivity index is 1.64. The summed E-state index contributed by atoms with van der Waals surface area (Å²) < 4.78 is 31.2. The molecule has 0 aromatic heterocycles. The van der Waals surface area contributed by atoms with Crippen LogP contribution in [0.4, 0.5) is 5.69 Å². The normalized spacial score (nSPS) is 11.1. The molecule has 0 saturated carbocycles. The van der Waals surface area contributed by atoms with Gasteiger partial charge in [0.25, 0.3) is 5.91 Å². The molecule has 1 N–H and O–H groups in total. The fraction of sp³-hybridized carbons (Fsp3) is 0.160. The molecule has 0 radical (unpaired) electrons. The Hall–Kier alpha value is -4.16. The third kappa shape index (κ3) is 6.92. The average molecular weight is 477 g/mol. The van der Waals surface area contributed by atoms with Gasteiger partial charge in [0.2, 0.25) is 10.0 Å². The topological polar surface area (TPSA) is 112 Å². The molecule has 0 aliphatic carbocycles. The van der Waals surface area contributed by atoms with Crippen LogP contribution in [0.1, 0.15) is 27.0 Å². The van der Waals surface area contributed by atoms with Crippen molar-refractivity contribution in [3.63, 3.8) is 0 Å². The molecule has 1 amide bonds. The minimum absolute atomic E-state index is 0.0316. The standard InChI is InChI=1S/C25H24N4O4S/c1-19-3-5-21(6-4-19)18-29(34(2,31)32)23-11-9-22(10-12-23)25(30)28-27-17-20-7-13-24(14-8-20)33-16-15-26/h3-14,17H,16,18H2,1-2H3,(H,28,30)/b27-17-. The van der Waals surface area contributed by atoms with Gasteiger partial charge in [0.05, 0.1) is 24.7 Å². The molecule has 0 spiro atoms. The van der Waals surface area contributed by atoms with Crippen LogP contribution in [0.25, 0.3) is 0 Å². The number of aryl methyl sites for hydroxylation is 1. The number of anilines is 1. The molecule has 9 heteroatoms. The minimum atomic E-state index is -3.53. The van der Waals surface area contributed by atoms with Crippen molar-refractivity contribution >= 4 is 27.8 Å². The number of nitrogens with zero attached hydrogens (tertiary/aromatic N) is 3. The second-order valence-corrected chi connectivity index (χ2v) is 9.42. The van der Waals surface area contributed by atoms with Crippen LogP contribution in [0, 0.1) is 18.3 Å². The van der Waals surface area contributed by atoms with E-state index in [9.17, 15) is 13.2 Å². The van der Waals surface area contributed by atoms with E-state index in [0.29, 0.717) is 17.0 Å². The number of nitriles is 1. The summed E-state index contributed by atoms with van der Waals surface area (Å²) in [7, 11) is -3.53. The molecule has 0 aliphatic heterocycles. The summed E-state index contributed by atoms with van der Waals surface area (Å²) in [5, 5.41) is 12.5. The van der Waals surface area contributed by atoms with Crippen LogP contribution < -0.4 is 14.5 Å². The van der Waals surface area contributed by atoms with E-state index in [-0.39, 0.29) is 13.2 Å². The Kier molecular flexibility index (Phi) is 8.01. The Morgan fingerprint density at radius 1 is 1.06 bits per heavy atom. The second kappa shape index (κ2) is 11.1. The van der Waals surface area contributed by atoms with E-state index < -0.39 is 15.9 Å². The highest BCUT2D eigenvalue weighted by Crippen LogP contribution is 2.21. The van der Waals surface area contributed by atoms with Crippen molar-refractivity contribution in [2.75, 3.05) is 17.2 Å². The largest absolute Gasteiger partial charge is 0.479 e. The molecule has 0 fully saturated rings. The Morgan fingerprint density at radius 3 is 2.29 bits per heavy atom. The average Bonchev–Trinajstić information content (AvgIpc) is 2.82. The highest BCUT2D eigenvalue weighted by molar-refractivity contribution is 7.92. The first-order chi connectivity index (χ1) is 16.3. The predicted molar refractivity (Wildman–Crippen MR) is 131 cm³/mol. The first-order valence-electron chi connectivity index (χ1n) is 10.3. The van der Waals surface area contributed by atoms with Crippen LogP contribution in [0.2, 0.25) is 0 Å². The van der Waals surface area contributed by atoms with Crippen molar-refractivity contribution in [2.45, 2.75) is 13.5 Å². The number of hydrazone groups is 1. The van der Waals surface area contributed by atoms with E-state index in [1.54, 1.807) is 48.5 Å². The lowest BCUT2D eigenvalue weighted by molar-refractivity contribution is 0.0955. The number of carbonyl (C=O) groups excluding carboxylic acids is 1. The van der Waals surface area contributed by atoms with Crippen molar-refractivity contribution in [3.8, 4) is 11.8 Å². The molecule has 3 rings (SSSR count). The molecule has 34 heavy (non-hydrogen) atoms. The maximum Gasteiger partial charge on any atom is 0.271 e. The Morgan fingerprint density at radius 2 is 1.71 bits per heavy atom. The third-order valence-electron chi connectivity index (χ3n) is 4.83. The molecule has 8 nitrogen and oxygen atoms in total. The summed E-state index contributed by atoms with van der Waals surface area (Å²) in [4.78, 5) is 12.4. The summed E-state index contributed by atoms with van der Waals surface area (Å²) in [5.74, 6) is 0.134. The van der Waals surface area contributed by atoms with Gasteiger partial charge in [-0.15, -0.1) is 0 Å². The highest BCUT2D eigenvalue weighted by atomic mass is 32.2. The van der Waals surface area contributed by atoms with E-state index in [1.807, 2.05) is 37.3 Å². The van der Waals surface area contributed by atoms with Gasteiger partial charge in [0, 0.05) is 5.56 Å². The zero-order chi connectivity index (χ0) is 24.6. The molecule has 3 aromatic carbocycles. The molecular weight excluding hydrogens is 452 g/mol. The quantitative estimate of drug-likeness (QED) is 0.374. The summed E-state index contributed by atoms with van der Waals surface area (Å²) in [5.41, 5.74) is 5.93. The summed E-state index contributed by atoms with van der Waals surface area (Å²) in [6, 6.07) is 22.7. The maximum absolute atomic E-state index is 12.4. The van der Waals surface area contributed by atoms with Crippen LogP contribution in [0.3, 0.4) is 0 Å². The number of ether oxygens (including phenoxy) is 1. The number of nitrogens with one attached hydrogen (secondary N) is 1. The number of hydrogen-bond donors (Lipinski definition) is 1. The van der Waals surface area contributed by atoms with Gasteiger partial charge in [-0.25, -0.2) is 13.8 Å². The summed E-state index contributed by atoms with van der Waals surface area (Å²) in [6.07, 6.45) is 2.63. The maximum atomic E-state index is 12.4. The molecule has 0 unspecified atom stereocenters. The van der Waals surface area contributed by atoms with Crippen molar-refractivity contribution in [1.82, 2.24) is 5.43 Å². The predicted octanol–water partition coefficient (Wildman–Crippen LogP) is 3.63. The lowest BCUT2D eigenvalue weighted by Crippen LogP contribution is -2.29. The second-order valence-electron chi connectivity index (χ2n) is 7.52. The fourth-order valence-corrected chi connectivity index (χ4v) is 3.92. The van der Waals surface area contributed by atoms with Gasteiger partial charge >= 0.3 is 0 Å². The molecule has 0 aliphatic rings. The monoisotopic (exact) mass is 476 g/mol. The molecule has 174 valence electrons. The van der Waals surface area contributed by atoms with Crippen LogP contribution >= 0.6 is 0 Å². The van der Waals surface area contributed by atoms with E-state index in [2.05, 4.69) is 10.5 Å². The molecule has 0 bridgehead atoms. The van der Waals surface area contributed by atoms with Crippen molar-refractivity contribution in [3.05, 3.63) is 95.1 Å². The van der Waals surface area contributed by atoms with Gasteiger partial charge in [-0.2, -0.15) is 10.4 Å². The van der Waals surface area contributed by atoms with Crippen LogP contribution in [0.5, 0.6) is 5.75 Å². The van der Waals surface area contributed by atoms with E-state index in [1.165, 1.54) is 10.5 Å². The molecular formula is C25H24N4O4S. The van der Waals surface area contributed by atoms with Crippen molar-refractivity contribution in [2.24, 2.45) is 5.10 Å². The lowest BCUT2D eigenvalue weighted by Gasteiger charge is -2.22. The van der Waals surface area contributed by atoms with Crippen LogP contribution in [-0.4, -0.2) is 33.4 Å². The molecule has 0 heterocycles. The van der Waals surface area contributed by atoms with Gasteiger partial charge in [-0.1, -0.05) is 29.8 Å². The van der Waals surface area contributed by atoms with E-state index in [4.69, 9.17) is 10.00 Å².